The molecule has 23 heavy (non-hydrogen) atoms. The lowest BCUT2D eigenvalue weighted by Gasteiger charge is -2.57. The summed E-state index contributed by atoms with van der Waals surface area (Å²) in [6, 6.07) is 0.277. The lowest BCUT2D eigenvalue weighted by atomic mass is 9.54. The van der Waals surface area contributed by atoms with Crippen LogP contribution in [0.5, 0.6) is 0 Å². The Bertz CT molecular complexity index is 438. The van der Waals surface area contributed by atoms with Gasteiger partial charge in [0.2, 0.25) is 0 Å². The van der Waals surface area contributed by atoms with E-state index < -0.39 is 12.6 Å². The van der Waals surface area contributed by atoms with Gasteiger partial charge in [0.05, 0.1) is 12.5 Å². The third-order valence-electron chi connectivity index (χ3n) is 5.50. The van der Waals surface area contributed by atoms with Crippen LogP contribution in [0.1, 0.15) is 38.5 Å². The molecule has 3 aliphatic rings. The van der Waals surface area contributed by atoms with Crippen molar-refractivity contribution in [3.8, 4) is 0 Å². The molecule has 1 heterocycles. The number of fused-ring (bicyclic) bond motifs is 2. The maximum atomic E-state index is 12.2. The Morgan fingerprint density at radius 1 is 1.30 bits per heavy atom. The highest BCUT2D eigenvalue weighted by molar-refractivity contribution is 14.0. The van der Waals surface area contributed by atoms with Crippen LogP contribution in [0.3, 0.4) is 0 Å². The summed E-state index contributed by atoms with van der Waals surface area (Å²) in [4.78, 5) is 4.08. The van der Waals surface area contributed by atoms with E-state index in [9.17, 15) is 13.2 Å². The number of halogens is 4. The van der Waals surface area contributed by atoms with E-state index in [4.69, 9.17) is 4.74 Å². The first-order chi connectivity index (χ1) is 10.5. The summed E-state index contributed by atoms with van der Waals surface area (Å²) in [7, 11) is 1.60. The second kappa shape index (κ2) is 7.33. The molecule has 0 aromatic heterocycles. The van der Waals surface area contributed by atoms with E-state index in [-0.39, 0.29) is 42.0 Å². The van der Waals surface area contributed by atoms with Crippen LogP contribution in [0.4, 0.5) is 13.2 Å². The first-order valence-corrected chi connectivity index (χ1v) is 8.12. The van der Waals surface area contributed by atoms with Gasteiger partial charge in [0.1, 0.15) is 0 Å². The molecular formula is C15H25F3IN3O. The third kappa shape index (κ3) is 3.72. The summed E-state index contributed by atoms with van der Waals surface area (Å²) in [5.41, 5.74) is 0.169. The standard InChI is InChI=1S/C15H24F3N3O.HI/c1-19-13(20-8-7-15(16,17)18)21-11-10-4-9-22-12(10)14(11)5-2-3-6-14;/h10-12H,2-9H2,1H3,(H2,19,20,21);1H. The summed E-state index contributed by atoms with van der Waals surface area (Å²) in [6.07, 6.45) is 1.09. The Kier molecular flexibility index (Phi) is 6.08. The van der Waals surface area contributed by atoms with E-state index in [0.717, 1.165) is 25.9 Å². The third-order valence-corrected chi connectivity index (χ3v) is 5.50. The highest BCUT2D eigenvalue weighted by Crippen LogP contribution is 2.60. The second-order valence-corrected chi connectivity index (χ2v) is 6.67. The highest BCUT2D eigenvalue weighted by Gasteiger charge is 2.65. The molecule has 0 aromatic rings. The summed E-state index contributed by atoms with van der Waals surface area (Å²) in [5, 5.41) is 6.17. The highest BCUT2D eigenvalue weighted by atomic mass is 127. The second-order valence-electron chi connectivity index (χ2n) is 6.67. The van der Waals surface area contributed by atoms with Crippen molar-refractivity contribution in [3.05, 3.63) is 0 Å². The number of ether oxygens (including phenoxy) is 1. The van der Waals surface area contributed by atoms with Gasteiger partial charge in [0.15, 0.2) is 5.96 Å². The zero-order valence-corrected chi connectivity index (χ0v) is 15.6. The number of hydrogen-bond acceptors (Lipinski definition) is 2. The number of rotatable bonds is 3. The molecule has 0 radical (unpaired) electrons. The van der Waals surface area contributed by atoms with Gasteiger partial charge in [-0.3, -0.25) is 4.99 Å². The summed E-state index contributed by atoms with van der Waals surface area (Å²) in [5.74, 6) is 0.949. The summed E-state index contributed by atoms with van der Waals surface area (Å²) in [6.45, 7) is 0.656. The minimum absolute atomic E-state index is 0. The largest absolute Gasteiger partial charge is 0.390 e. The molecule has 2 N–H and O–H groups in total. The van der Waals surface area contributed by atoms with Crippen molar-refractivity contribution in [1.82, 2.24) is 10.6 Å². The van der Waals surface area contributed by atoms with Crippen LogP contribution >= 0.6 is 24.0 Å². The van der Waals surface area contributed by atoms with Crippen molar-refractivity contribution in [1.29, 1.82) is 0 Å². The van der Waals surface area contributed by atoms with Gasteiger partial charge in [-0.1, -0.05) is 12.8 Å². The number of guanidine groups is 1. The van der Waals surface area contributed by atoms with Gasteiger partial charge in [-0.25, -0.2) is 0 Å². The molecule has 1 spiro atoms. The lowest BCUT2D eigenvalue weighted by Crippen LogP contribution is -2.69. The molecule has 2 aliphatic carbocycles. The van der Waals surface area contributed by atoms with Gasteiger partial charge in [-0.15, -0.1) is 24.0 Å². The molecule has 1 aliphatic heterocycles. The van der Waals surface area contributed by atoms with Crippen molar-refractivity contribution in [2.75, 3.05) is 20.2 Å². The first kappa shape index (κ1) is 19.1. The maximum Gasteiger partial charge on any atom is 0.390 e. The monoisotopic (exact) mass is 447 g/mol. The molecule has 3 fully saturated rings. The Balaban J connectivity index is 0.00000192. The lowest BCUT2D eigenvalue weighted by molar-refractivity contribution is -0.133. The van der Waals surface area contributed by atoms with E-state index >= 15 is 0 Å². The molecule has 3 rings (SSSR count). The Labute approximate surface area is 152 Å². The average molecular weight is 447 g/mol. The first-order valence-electron chi connectivity index (χ1n) is 8.12. The van der Waals surface area contributed by atoms with E-state index in [1.54, 1.807) is 7.05 Å². The minimum Gasteiger partial charge on any atom is -0.377 e. The smallest absolute Gasteiger partial charge is 0.377 e. The average Bonchev–Trinajstić information content (AvgIpc) is 3.08. The van der Waals surface area contributed by atoms with Crippen molar-refractivity contribution in [2.24, 2.45) is 16.3 Å². The van der Waals surface area contributed by atoms with Crippen LogP contribution in [0, 0.1) is 11.3 Å². The topological polar surface area (TPSA) is 45.7 Å². The van der Waals surface area contributed by atoms with Crippen molar-refractivity contribution < 1.29 is 17.9 Å². The van der Waals surface area contributed by atoms with Gasteiger partial charge in [0.25, 0.3) is 0 Å². The predicted octanol–water partition coefficient (Wildman–Crippen LogP) is 3.07. The summed E-state index contributed by atoms with van der Waals surface area (Å²) < 4.78 is 42.7. The van der Waals surface area contributed by atoms with Crippen molar-refractivity contribution >= 4 is 29.9 Å². The molecule has 1 saturated heterocycles. The molecule has 0 bridgehead atoms. The SMILES string of the molecule is CN=C(NCCC(F)(F)F)NC1C2CCOC2C12CCCC2.I. The van der Waals surface area contributed by atoms with E-state index in [0.29, 0.717) is 18.0 Å². The van der Waals surface area contributed by atoms with Crippen molar-refractivity contribution in [3.63, 3.8) is 0 Å². The molecular weight excluding hydrogens is 422 g/mol. The Morgan fingerprint density at radius 2 is 2.00 bits per heavy atom. The normalized spacial score (nSPS) is 32.2. The van der Waals surface area contributed by atoms with Gasteiger partial charge in [-0.05, 0) is 19.3 Å². The van der Waals surface area contributed by atoms with E-state index in [1.807, 2.05) is 0 Å². The van der Waals surface area contributed by atoms with Crippen LogP contribution in [0.15, 0.2) is 4.99 Å². The number of nitrogens with zero attached hydrogens (tertiary/aromatic N) is 1. The fourth-order valence-electron chi connectivity index (χ4n) is 4.57. The van der Waals surface area contributed by atoms with Crippen LogP contribution < -0.4 is 10.6 Å². The zero-order valence-electron chi connectivity index (χ0n) is 13.3. The van der Waals surface area contributed by atoms with E-state index in [2.05, 4.69) is 15.6 Å². The van der Waals surface area contributed by atoms with Gasteiger partial charge < -0.3 is 15.4 Å². The van der Waals surface area contributed by atoms with Crippen molar-refractivity contribution in [2.45, 2.75) is 56.8 Å². The predicted molar refractivity (Wildman–Crippen MR) is 93.1 cm³/mol. The molecule has 0 aromatic carbocycles. The number of hydrogen-bond donors (Lipinski definition) is 2. The maximum absolute atomic E-state index is 12.2. The van der Waals surface area contributed by atoms with Crippen LogP contribution in [0.2, 0.25) is 0 Å². The molecule has 3 atom stereocenters. The molecule has 4 nitrogen and oxygen atoms in total. The van der Waals surface area contributed by atoms with Gasteiger partial charge >= 0.3 is 6.18 Å². The zero-order chi connectivity index (χ0) is 15.8. The molecule has 2 saturated carbocycles. The van der Waals surface area contributed by atoms with Gasteiger partial charge in [-0.2, -0.15) is 13.2 Å². The number of alkyl halides is 3. The molecule has 134 valence electrons. The van der Waals surface area contributed by atoms with E-state index in [1.165, 1.54) is 12.8 Å². The Morgan fingerprint density at radius 3 is 2.61 bits per heavy atom. The fraction of sp³-hybridized carbons (Fsp3) is 0.933. The number of nitrogens with one attached hydrogen (secondary N) is 2. The van der Waals surface area contributed by atoms with Crippen LogP contribution in [-0.4, -0.2) is 44.5 Å². The summed E-state index contributed by atoms with van der Waals surface area (Å²) >= 11 is 0. The molecule has 0 amide bonds. The Hall–Kier alpha value is -0.250. The van der Waals surface area contributed by atoms with Crippen LogP contribution in [0.25, 0.3) is 0 Å². The minimum atomic E-state index is -4.14. The quantitative estimate of drug-likeness (QED) is 0.397. The fourth-order valence-corrected chi connectivity index (χ4v) is 4.57. The number of aliphatic imine (C=N–C) groups is 1. The van der Waals surface area contributed by atoms with Gasteiger partial charge in [0, 0.05) is 37.6 Å². The van der Waals surface area contributed by atoms with Crippen LogP contribution in [-0.2, 0) is 4.74 Å². The molecule has 8 heteroatoms. The molecule has 3 unspecified atom stereocenters.